The van der Waals surface area contributed by atoms with Crippen LogP contribution in [0.3, 0.4) is 0 Å². The Balaban J connectivity index is 3.34. The molecule has 1 amide bonds. The molecule has 7 nitrogen and oxygen atoms in total. The van der Waals surface area contributed by atoms with Gasteiger partial charge in [0.1, 0.15) is 6.35 Å². The van der Waals surface area contributed by atoms with Gasteiger partial charge in [-0.1, -0.05) is 0 Å². The van der Waals surface area contributed by atoms with E-state index in [2.05, 4.69) is 4.74 Å². The van der Waals surface area contributed by atoms with Gasteiger partial charge < -0.3 is 14.5 Å². The molecule has 0 saturated carbocycles. The third-order valence-corrected chi connectivity index (χ3v) is 1.36. The molecule has 0 atom stereocenters. The van der Waals surface area contributed by atoms with Crippen molar-refractivity contribution in [3.63, 3.8) is 0 Å². The van der Waals surface area contributed by atoms with E-state index in [-0.39, 0.29) is 19.6 Å². The van der Waals surface area contributed by atoms with Crippen molar-refractivity contribution in [2.24, 2.45) is 0 Å². The fourth-order valence-electron chi connectivity index (χ4n) is 0.394. The zero-order chi connectivity index (χ0) is 9.61. The van der Waals surface area contributed by atoms with Crippen LogP contribution in [0.25, 0.3) is 0 Å². The lowest BCUT2D eigenvalue weighted by atomic mass is 10.7. The molecule has 0 spiro atoms. The average Bonchev–Trinajstić information content (AvgIpc) is 1.96. The smallest absolute Gasteiger partial charge is 0.350 e. The normalized spacial score (nSPS) is 11.2. The number of hydroxylamine groups is 2. The summed E-state index contributed by atoms with van der Waals surface area (Å²) in [6.07, 6.45) is -0.541. The number of carbonyl (C=O) groups is 1. The van der Waals surface area contributed by atoms with Crippen LogP contribution in [0.2, 0.25) is 0 Å². The first kappa shape index (κ1) is 11.5. The highest BCUT2D eigenvalue weighted by Gasteiger charge is 2.12. The van der Waals surface area contributed by atoms with Gasteiger partial charge in [-0.2, -0.15) is 0 Å². The van der Waals surface area contributed by atoms with Crippen molar-refractivity contribution in [1.82, 2.24) is 5.06 Å². The highest BCUT2D eigenvalue weighted by molar-refractivity contribution is 7.51. The van der Waals surface area contributed by atoms with Crippen LogP contribution in [0.15, 0.2) is 0 Å². The van der Waals surface area contributed by atoms with Crippen LogP contribution < -0.4 is 0 Å². The molecular formula is C4H10NO6P. The molecule has 0 aliphatic carbocycles. The predicted octanol–water partition coefficient (Wildman–Crippen LogP) is -1.01. The number of ether oxygens (including phenoxy) is 1. The molecule has 8 heteroatoms. The van der Waals surface area contributed by atoms with Gasteiger partial charge in [0.05, 0.1) is 13.2 Å². The Kier molecular flexibility index (Phi) is 5.03. The van der Waals surface area contributed by atoms with Crippen molar-refractivity contribution < 1.29 is 29.1 Å². The van der Waals surface area contributed by atoms with Crippen LogP contribution >= 0.6 is 7.60 Å². The Morgan fingerprint density at radius 1 is 1.50 bits per heavy atom. The molecule has 0 aromatic heterocycles. The lowest BCUT2D eigenvalue weighted by Crippen LogP contribution is -2.22. The molecule has 0 radical (unpaired) electrons. The monoisotopic (exact) mass is 199 g/mol. The molecule has 0 heterocycles. The molecule has 0 bridgehead atoms. The van der Waals surface area contributed by atoms with Crippen molar-refractivity contribution in [2.75, 3.05) is 19.5 Å². The Morgan fingerprint density at radius 3 is 2.50 bits per heavy atom. The SMILES string of the molecule is O=CN(O)CCOCP(=O)(O)O. The standard InChI is InChI=1S/C4H10NO6P/c6-3-5(7)1-2-11-4-12(8,9)10/h3,7H,1-2,4H2,(H2,8,9,10). The van der Waals surface area contributed by atoms with Crippen molar-refractivity contribution >= 4 is 14.0 Å². The van der Waals surface area contributed by atoms with E-state index in [4.69, 9.17) is 15.0 Å². The van der Waals surface area contributed by atoms with E-state index >= 15 is 0 Å². The highest BCUT2D eigenvalue weighted by Crippen LogP contribution is 2.33. The molecule has 0 aliphatic heterocycles. The van der Waals surface area contributed by atoms with Gasteiger partial charge in [0, 0.05) is 0 Å². The summed E-state index contributed by atoms with van der Waals surface area (Å²) in [5, 5.41) is 8.80. The second kappa shape index (κ2) is 5.23. The summed E-state index contributed by atoms with van der Waals surface area (Å²) in [5.74, 6) is 0. The fourth-order valence-corrected chi connectivity index (χ4v) is 0.761. The molecule has 0 aliphatic rings. The van der Waals surface area contributed by atoms with Gasteiger partial charge in [0.2, 0.25) is 6.41 Å². The maximum Gasteiger partial charge on any atom is 0.350 e. The highest BCUT2D eigenvalue weighted by atomic mass is 31.2. The van der Waals surface area contributed by atoms with Crippen LogP contribution in [0, 0.1) is 0 Å². The number of rotatable bonds is 6. The molecule has 0 saturated heterocycles. The molecule has 0 aromatic carbocycles. The largest absolute Gasteiger partial charge is 0.367 e. The molecular weight excluding hydrogens is 189 g/mol. The lowest BCUT2D eigenvalue weighted by Gasteiger charge is -2.08. The minimum atomic E-state index is -4.14. The zero-order valence-electron chi connectivity index (χ0n) is 6.16. The van der Waals surface area contributed by atoms with Gasteiger partial charge in [0.15, 0.2) is 0 Å². The van der Waals surface area contributed by atoms with Gasteiger partial charge in [-0.25, -0.2) is 5.06 Å². The van der Waals surface area contributed by atoms with Crippen LogP contribution in [0.4, 0.5) is 0 Å². The number of carbonyl (C=O) groups excluding carboxylic acids is 1. The number of hydrogen-bond donors (Lipinski definition) is 3. The average molecular weight is 199 g/mol. The molecule has 0 aromatic rings. The number of amides is 1. The Bertz CT molecular complexity index is 178. The summed E-state index contributed by atoms with van der Waals surface area (Å²) in [6.45, 7) is -0.246. The molecule has 0 unspecified atom stereocenters. The summed E-state index contributed by atoms with van der Waals surface area (Å²) in [4.78, 5) is 26.3. The van der Waals surface area contributed by atoms with E-state index in [1.54, 1.807) is 0 Å². The quantitative estimate of drug-likeness (QED) is 0.166. The maximum absolute atomic E-state index is 10.2. The van der Waals surface area contributed by atoms with Crippen molar-refractivity contribution in [3.8, 4) is 0 Å². The van der Waals surface area contributed by atoms with Gasteiger partial charge in [-0.3, -0.25) is 14.6 Å². The van der Waals surface area contributed by atoms with Gasteiger partial charge in [-0.15, -0.1) is 0 Å². The molecule has 0 rings (SSSR count). The van der Waals surface area contributed by atoms with Gasteiger partial charge in [0.25, 0.3) is 0 Å². The lowest BCUT2D eigenvalue weighted by molar-refractivity contribution is -0.152. The van der Waals surface area contributed by atoms with Crippen LogP contribution in [0.5, 0.6) is 0 Å². The number of nitrogens with zero attached hydrogens (tertiary/aromatic N) is 1. The summed E-state index contributed by atoms with van der Waals surface area (Å²) in [7, 11) is -4.14. The third-order valence-electron chi connectivity index (χ3n) is 0.846. The zero-order valence-corrected chi connectivity index (χ0v) is 7.05. The van der Waals surface area contributed by atoms with Crippen molar-refractivity contribution in [1.29, 1.82) is 0 Å². The van der Waals surface area contributed by atoms with Gasteiger partial charge >= 0.3 is 7.60 Å². The first-order valence-corrected chi connectivity index (χ1v) is 4.78. The minimum Gasteiger partial charge on any atom is -0.367 e. The summed E-state index contributed by atoms with van der Waals surface area (Å²) < 4.78 is 14.6. The summed E-state index contributed by atoms with van der Waals surface area (Å²) >= 11 is 0. The first-order valence-electron chi connectivity index (χ1n) is 2.99. The number of hydrogen-bond acceptors (Lipinski definition) is 4. The van der Waals surface area contributed by atoms with E-state index in [1.165, 1.54) is 0 Å². The fraction of sp³-hybridized carbons (Fsp3) is 0.750. The Morgan fingerprint density at radius 2 is 2.08 bits per heavy atom. The third kappa shape index (κ3) is 7.64. The Labute approximate surface area is 68.7 Å². The van der Waals surface area contributed by atoms with Gasteiger partial charge in [-0.05, 0) is 0 Å². The van der Waals surface area contributed by atoms with E-state index in [9.17, 15) is 9.36 Å². The first-order chi connectivity index (χ1) is 5.45. The molecule has 72 valence electrons. The molecule has 12 heavy (non-hydrogen) atoms. The van der Waals surface area contributed by atoms with Crippen molar-refractivity contribution in [3.05, 3.63) is 0 Å². The maximum atomic E-state index is 10.2. The summed E-state index contributed by atoms with van der Waals surface area (Å²) in [5.41, 5.74) is 0. The minimum absolute atomic E-state index is 0.122. The topological polar surface area (TPSA) is 107 Å². The van der Waals surface area contributed by atoms with E-state index in [1.807, 2.05) is 0 Å². The van der Waals surface area contributed by atoms with E-state index in [0.29, 0.717) is 5.06 Å². The second-order valence-electron chi connectivity index (χ2n) is 1.97. The molecule has 3 N–H and O–H groups in total. The summed E-state index contributed by atoms with van der Waals surface area (Å²) in [6, 6.07) is 0. The Hall–Kier alpha value is -0.460. The van der Waals surface area contributed by atoms with Crippen molar-refractivity contribution in [2.45, 2.75) is 0 Å². The second-order valence-corrected chi connectivity index (χ2v) is 3.56. The van der Waals surface area contributed by atoms with Crippen LogP contribution in [-0.2, 0) is 14.1 Å². The van der Waals surface area contributed by atoms with Crippen LogP contribution in [0.1, 0.15) is 0 Å². The van der Waals surface area contributed by atoms with E-state index in [0.717, 1.165) is 0 Å². The van der Waals surface area contributed by atoms with Crippen LogP contribution in [-0.4, -0.2) is 46.0 Å². The predicted molar refractivity (Wildman–Crippen MR) is 37.4 cm³/mol. The molecule has 0 fully saturated rings. The van der Waals surface area contributed by atoms with E-state index < -0.39 is 13.9 Å².